The first-order valence-corrected chi connectivity index (χ1v) is 9.91. The van der Waals surface area contributed by atoms with E-state index in [1.165, 1.54) is 12.1 Å². The van der Waals surface area contributed by atoms with Crippen LogP contribution in [0.3, 0.4) is 0 Å². The van der Waals surface area contributed by atoms with E-state index in [9.17, 15) is 14.0 Å². The lowest BCUT2D eigenvalue weighted by Crippen LogP contribution is -2.47. The highest BCUT2D eigenvalue weighted by Crippen LogP contribution is 2.30. The Morgan fingerprint density at radius 2 is 1.93 bits per heavy atom. The van der Waals surface area contributed by atoms with E-state index in [0.717, 1.165) is 0 Å². The molecule has 2 amide bonds. The van der Waals surface area contributed by atoms with Gasteiger partial charge in [0.05, 0.1) is 31.0 Å². The molecule has 158 valence electrons. The predicted octanol–water partition coefficient (Wildman–Crippen LogP) is 3.85. The molecule has 2 N–H and O–H groups in total. The molecular weight excluding hydrogens is 459 g/mol. The minimum atomic E-state index is -0.767. The van der Waals surface area contributed by atoms with Gasteiger partial charge in [0.15, 0.2) is 11.6 Å². The second-order valence-corrected chi connectivity index (χ2v) is 7.20. The van der Waals surface area contributed by atoms with Gasteiger partial charge >= 0.3 is 12.0 Å². The smallest absolute Gasteiger partial charge is 0.338 e. The molecule has 9 heteroatoms. The first kappa shape index (κ1) is 21.6. The van der Waals surface area contributed by atoms with Crippen LogP contribution < -0.4 is 20.1 Å². The molecule has 3 rings (SSSR count). The minimum absolute atomic E-state index is 0.0114. The van der Waals surface area contributed by atoms with Crippen molar-refractivity contribution in [2.45, 2.75) is 13.0 Å². The summed E-state index contributed by atoms with van der Waals surface area (Å²) in [5.41, 5.74) is 1.03. The van der Waals surface area contributed by atoms with Gasteiger partial charge in [0.1, 0.15) is 12.4 Å². The van der Waals surface area contributed by atoms with Gasteiger partial charge in [-0.2, -0.15) is 0 Å². The lowest BCUT2D eigenvalue weighted by Gasteiger charge is -2.29. The minimum Gasteiger partial charge on any atom is -0.497 e. The van der Waals surface area contributed by atoms with E-state index in [0.29, 0.717) is 15.8 Å². The maximum Gasteiger partial charge on any atom is 0.338 e. The van der Waals surface area contributed by atoms with E-state index in [4.69, 9.17) is 14.2 Å². The summed E-state index contributed by atoms with van der Waals surface area (Å²) in [7, 11) is 1.54. The van der Waals surface area contributed by atoms with Gasteiger partial charge in [0.2, 0.25) is 0 Å². The zero-order chi connectivity index (χ0) is 21.7. The van der Waals surface area contributed by atoms with Crippen LogP contribution in [-0.2, 0) is 9.53 Å². The Morgan fingerprint density at radius 1 is 1.20 bits per heavy atom. The largest absolute Gasteiger partial charge is 0.497 e. The summed E-state index contributed by atoms with van der Waals surface area (Å²) < 4.78 is 30.5. The molecule has 0 saturated carbocycles. The molecule has 1 heterocycles. The van der Waals surface area contributed by atoms with E-state index in [1.54, 1.807) is 44.4 Å². The monoisotopic (exact) mass is 478 g/mol. The van der Waals surface area contributed by atoms with Gasteiger partial charge < -0.3 is 24.8 Å². The Kier molecular flexibility index (Phi) is 6.94. The second kappa shape index (κ2) is 9.62. The van der Waals surface area contributed by atoms with Crippen LogP contribution >= 0.6 is 15.9 Å². The molecule has 0 bridgehead atoms. The van der Waals surface area contributed by atoms with E-state index in [-0.39, 0.29) is 30.2 Å². The normalized spacial score (nSPS) is 15.9. The number of nitrogens with one attached hydrogen (secondary N) is 2. The molecule has 0 radical (unpaired) electrons. The van der Waals surface area contributed by atoms with Crippen molar-refractivity contribution < 1.29 is 28.2 Å². The van der Waals surface area contributed by atoms with Crippen molar-refractivity contribution >= 4 is 27.9 Å². The molecule has 7 nitrogen and oxygen atoms in total. The molecule has 1 unspecified atom stereocenters. The quantitative estimate of drug-likeness (QED) is 0.590. The number of carbonyl (C=O) groups excluding carboxylic acids is 2. The molecule has 30 heavy (non-hydrogen) atoms. The van der Waals surface area contributed by atoms with Crippen LogP contribution in [0, 0.1) is 5.82 Å². The number of carbonyl (C=O) groups is 2. The summed E-state index contributed by atoms with van der Waals surface area (Å²) in [6, 6.07) is 9.98. The van der Waals surface area contributed by atoms with Crippen LogP contribution in [0.4, 0.5) is 9.18 Å². The van der Waals surface area contributed by atoms with Crippen LogP contribution in [0.5, 0.6) is 11.5 Å². The van der Waals surface area contributed by atoms with Gasteiger partial charge in [-0.25, -0.2) is 14.0 Å². The van der Waals surface area contributed by atoms with Gasteiger partial charge in [-0.05, 0) is 42.8 Å². The Balaban J connectivity index is 1.96. The highest BCUT2D eigenvalue weighted by molar-refractivity contribution is 9.10. The number of amides is 2. The second-order valence-electron chi connectivity index (χ2n) is 6.28. The van der Waals surface area contributed by atoms with E-state index < -0.39 is 23.9 Å². The van der Waals surface area contributed by atoms with Gasteiger partial charge in [0.25, 0.3) is 0 Å². The maximum atomic E-state index is 14.1. The van der Waals surface area contributed by atoms with Gasteiger partial charge in [-0.15, -0.1) is 0 Å². The first-order chi connectivity index (χ1) is 14.4. The highest BCUT2D eigenvalue weighted by atomic mass is 79.9. The van der Waals surface area contributed by atoms with Crippen LogP contribution in [0.2, 0.25) is 0 Å². The molecule has 1 aliphatic rings. The molecule has 0 spiro atoms. The summed E-state index contributed by atoms with van der Waals surface area (Å²) in [5.74, 6) is -0.562. The molecule has 1 aliphatic heterocycles. The van der Waals surface area contributed by atoms with E-state index >= 15 is 0 Å². The average molecular weight is 479 g/mol. The topological polar surface area (TPSA) is 85.9 Å². The third-order valence-electron chi connectivity index (χ3n) is 4.36. The number of halogens is 2. The summed E-state index contributed by atoms with van der Waals surface area (Å²) in [4.78, 5) is 25.0. The summed E-state index contributed by atoms with van der Waals surface area (Å²) >= 11 is 3.18. The summed E-state index contributed by atoms with van der Waals surface area (Å²) in [5, 5.41) is 5.30. The number of rotatable bonds is 7. The van der Waals surface area contributed by atoms with E-state index in [1.807, 2.05) is 0 Å². The van der Waals surface area contributed by atoms with Gasteiger partial charge in [-0.1, -0.05) is 28.1 Å². The average Bonchev–Trinajstić information content (AvgIpc) is 2.73. The zero-order valence-corrected chi connectivity index (χ0v) is 17.9. The fraction of sp³-hybridized carbons (Fsp3) is 0.238. The van der Waals surface area contributed by atoms with Crippen molar-refractivity contribution in [3.63, 3.8) is 0 Å². The van der Waals surface area contributed by atoms with Crippen molar-refractivity contribution in [2.75, 3.05) is 20.3 Å². The number of benzene rings is 2. The van der Waals surface area contributed by atoms with E-state index in [2.05, 4.69) is 26.6 Å². The van der Waals surface area contributed by atoms with Crippen LogP contribution in [-0.4, -0.2) is 32.3 Å². The Hall–Kier alpha value is -3.07. The van der Waals surface area contributed by atoms with Crippen molar-refractivity contribution in [3.8, 4) is 11.5 Å². The predicted molar refractivity (Wildman–Crippen MR) is 111 cm³/mol. The highest BCUT2D eigenvalue weighted by Gasteiger charge is 2.34. The van der Waals surface area contributed by atoms with Crippen LogP contribution in [0.25, 0.3) is 0 Å². The molecule has 0 aromatic heterocycles. The molecule has 0 fully saturated rings. The third-order valence-corrected chi connectivity index (χ3v) is 4.86. The van der Waals surface area contributed by atoms with Crippen LogP contribution in [0.15, 0.2) is 58.2 Å². The number of methoxy groups -OCH3 is 1. The van der Waals surface area contributed by atoms with Crippen molar-refractivity contribution in [2.24, 2.45) is 0 Å². The zero-order valence-electron chi connectivity index (χ0n) is 16.3. The molecule has 2 aromatic rings. The van der Waals surface area contributed by atoms with Gasteiger partial charge in [0, 0.05) is 4.47 Å². The molecular formula is C21H20BrFN2O5. The Labute approximate surface area is 181 Å². The van der Waals surface area contributed by atoms with Gasteiger partial charge in [-0.3, -0.25) is 0 Å². The number of hydrogen-bond donors (Lipinski definition) is 2. The third kappa shape index (κ3) is 4.91. The molecule has 2 aromatic carbocycles. The SMILES string of the molecule is CCOC(=O)C1=C(COc2ccc(Br)cc2F)NC(=O)NC1c1ccc(OC)cc1. The number of esters is 1. The fourth-order valence-electron chi connectivity index (χ4n) is 2.97. The summed E-state index contributed by atoms with van der Waals surface area (Å²) in [6.45, 7) is 1.61. The lowest BCUT2D eigenvalue weighted by atomic mass is 9.95. The molecule has 1 atom stereocenters. The first-order valence-electron chi connectivity index (χ1n) is 9.12. The standard InChI is InChI=1S/C21H20BrFN2O5/c1-3-29-20(26)18-16(11-30-17-9-6-13(22)10-15(17)23)24-21(27)25-19(18)12-4-7-14(28-2)8-5-12/h4-10,19H,3,11H2,1-2H3,(H2,24,25,27). The number of hydrogen-bond acceptors (Lipinski definition) is 5. The molecule has 0 saturated heterocycles. The summed E-state index contributed by atoms with van der Waals surface area (Å²) in [6.07, 6.45) is 0. The van der Waals surface area contributed by atoms with Crippen molar-refractivity contribution in [1.82, 2.24) is 10.6 Å². The van der Waals surface area contributed by atoms with Crippen molar-refractivity contribution in [1.29, 1.82) is 0 Å². The maximum absolute atomic E-state index is 14.1. The Morgan fingerprint density at radius 3 is 2.57 bits per heavy atom. The lowest BCUT2D eigenvalue weighted by molar-refractivity contribution is -0.139. The van der Waals surface area contributed by atoms with Crippen LogP contribution in [0.1, 0.15) is 18.5 Å². The Bertz CT molecular complexity index is 978. The molecule has 0 aliphatic carbocycles. The number of urea groups is 1. The fourth-order valence-corrected chi connectivity index (χ4v) is 3.30. The van der Waals surface area contributed by atoms with Crippen molar-refractivity contribution in [3.05, 3.63) is 69.6 Å². The number of ether oxygens (including phenoxy) is 3.